The molecule has 4 amide bonds. The number of amides is 4. The second kappa shape index (κ2) is 7.55. The van der Waals surface area contributed by atoms with Crippen molar-refractivity contribution >= 4 is 29.5 Å². The van der Waals surface area contributed by atoms with Crippen molar-refractivity contribution in [3.63, 3.8) is 0 Å². The molecule has 0 bridgehead atoms. The van der Waals surface area contributed by atoms with Crippen LogP contribution in [0.15, 0.2) is 24.3 Å². The molecular formula is C18H21N3O5. The van der Waals surface area contributed by atoms with Crippen LogP contribution in [0, 0.1) is 0 Å². The zero-order valence-electron chi connectivity index (χ0n) is 14.6. The minimum Gasteiger partial charge on any atom is -0.439 e. The monoisotopic (exact) mass is 359 g/mol. The summed E-state index contributed by atoms with van der Waals surface area (Å²) in [5.41, 5.74) is 1.56. The number of likely N-dealkylation sites (tertiary alicyclic amines) is 1. The van der Waals surface area contributed by atoms with Crippen LogP contribution in [-0.4, -0.2) is 59.4 Å². The maximum Gasteiger partial charge on any atom is 0.417 e. The molecule has 1 aromatic carbocycles. The normalized spacial score (nSPS) is 18.0. The predicted molar refractivity (Wildman–Crippen MR) is 92.2 cm³/mol. The number of hydrogen-bond acceptors (Lipinski definition) is 5. The van der Waals surface area contributed by atoms with Crippen LogP contribution in [0.5, 0.6) is 0 Å². The van der Waals surface area contributed by atoms with Gasteiger partial charge in [-0.15, -0.1) is 0 Å². The molecular weight excluding hydrogens is 338 g/mol. The molecule has 2 fully saturated rings. The van der Waals surface area contributed by atoms with Crippen LogP contribution in [0.25, 0.3) is 0 Å². The van der Waals surface area contributed by atoms with Gasteiger partial charge in [0.2, 0.25) is 11.8 Å². The van der Waals surface area contributed by atoms with Gasteiger partial charge in [-0.3, -0.25) is 14.4 Å². The van der Waals surface area contributed by atoms with E-state index >= 15 is 0 Å². The summed E-state index contributed by atoms with van der Waals surface area (Å²) in [6, 6.07) is 6.96. The van der Waals surface area contributed by atoms with Gasteiger partial charge in [0.05, 0.1) is 6.42 Å². The minimum absolute atomic E-state index is 0.00560. The number of nitrogens with one attached hydrogen (secondary N) is 1. The van der Waals surface area contributed by atoms with Gasteiger partial charge in [-0.05, 0) is 30.5 Å². The van der Waals surface area contributed by atoms with Crippen LogP contribution in [0.1, 0.15) is 25.3 Å². The predicted octanol–water partition coefficient (Wildman–Crippen LogP) is 1.16. The number of anilines is 1. The summed E-state index contributed by atoms with van der Waals surface area (Å²) >= 11 is 0. The van der Waals surface area contributed by atoms with Gasteiger partial charge in [0.15, 0.2) is 6.61 Å². The summed E-state index contributed by atoms with van der Waals surface area (Å²) in [4.78, 5) is 49.7. The number of carbonyl (C=O) groups excluding carboxylic acids is 4. The third-order valence-corrected chi connectivity index (χ3v) is 4.60. The molecule has 0 radical (unpaired) electrons. The lowest BCUT2D eigenvalue weighted by atomic mass is 10.0. The molecule has 2 aliphatic heterocycles. The number of benzene rings is 1. The number of ether oxygens (including phenoxy) is 1. The average molecular weight is 359 g/mol. The molecule has 2 heterocycles. The summed E-state index contributed by atoms with van der Waals surface area (Å²) in [5.74, 6) is -0.442. The lowest BCUT2D eigenvalue weighted by Gasteiger charge is -2.34. The van der Waals surface area contributed by atoms with E-state index in [-0.39, 0.29) is 36.8 Å². The van der Waals surface area contributed by atoms with Gasteiger partial charge in [-0.25, -0.2) is 9.69 Å². The van der Waals surface area contributed by atoms with Crippen LogP contribution in [0.2, 0.25) is 0 Å². The topological polar surface area (TPSA) is 96.0 Å². The van der Waals surface area contributed by atoms with Crippen LogP contribution in [-0.2, 0) is 25.5 Å². The van der Waals surface area contributed by atoms with Crippen LogP contribution in [0.3, 0.4) is 0 Å². The highest BCUT2D eigenvalue weighted by Crippen LogP contribution is 2.21. The minimum atomic E-state index is -0.584. The number of cyclic esters (lactones) is 1. The molecule has 8 nitrogen and oxygen atoms in total. The highest BCUT2D eigenvalue weighted by Gasteiger charge is 2.38. The molecule has 2 saturated heterocycles. The van der Waals surface area contributed by atoms with Gasteiger partial charge in [0.25, 0.3) is 5.91 Å². The van der Waals surface area contributed by atoms with E-state index in [4.69, 9.17) is 4.74 Å². The van der Waals surface area contributed by atoms with Crippen LogP contribution >= 0.6 is 0 Å². The fourth-order valence-corrected chi connectivity index (χ4v) is 3.29. The Labute approximate surface area is 151 Å². The molecule has 8 heteroatoms. The molecule has 0 aliphatic carbocycles. The Bertz CT molecular complexity index is 707. The number of nitrogens with zero attached hydrogens (tertiary/aromatic N) is 2. The first-order valence-electron chi connectivity index (χ1n) is 8.57. The molecule has 3 rings (SSSR count). The Hall–Kier alpha value is -2.90. The Kier molecular flexibility index (Phi) is 5.20. The molecule has 0 atom stereocenters. The third-order valence-electron chi connectivity index (χ3n) is 4.60. The van der Waals surface area contributed by atoms with E-state index in [1.54, 1.807) is 17.0 Å². The van der Waals surface area contributed by atoms with Crippen molar-refractivity contribution in [2.75, 3.05) is 25.0 Å². The smallest absolute Gasteiger partial charge is 0.417 e. The summed E-state index contributed by atoms with van der Waals surface area (Å²) in [7, 11) is 0. The molecule has 0 unspecified atom stereocenters. The third kappa shape index (κ3) is 4.01. The van der Waals surface area contributed by atoms with Crippen molar-refractivity contribution in [1.82, 2.24) is 9.80 Å². The number of rotatable bonds is 4. The maximum atomic E-state index is 12.5. The fraction of sp³-hybridized carbons (Fsp3) is 0.444. The van der Waals surface area contributed by atoms with Gasteiger partial charge < -0.3 is 15.0 Å². The summed E-state index contributed by atoms with van der Waals surface area (Å²) in [5, 5.41) is 2.68. The Morgan fingerprint density at radius 1 is 1.15 bits per heavy atom. The summed E-state index contributed by atoms with van der Waals surface area (Å²) in [6.07, 6.45) is 0.816. The fourth-order valence-electron chi connectivity index (χ4n) is 3.29. The van der Waals surface area contributed by atoms with E-state index in [0.717, 1.165) is 5.56 Å². The van der Waals surface area contributed by atoms with Gasteiger partial charge >= 0.3 is 6.09 Å². The lowest BCUT2D eigenvalue weighted by molar-refractivity contribution is -0.132. The molecule has 2 aliphatic rings. The van der Waals surface area contributed by atoms with Gasteiger partial charge in [-0.1, -0.05) is 12.1 Å². The van der Waals surface area contributed by atoms with E-state index < -0.39 is 6.09 Å². The number of piperidine rings is 1. The quantitative estimate of drug-likeness (QED) is 0.870. The molecule has 0 aromatic heterocycles. The number of carbonyl (C=O) groups is 4. The second-order valence-corrected chi connectivity index (χ2v) is 6.49. The molecule has 0 saturated carbocycles. The Balaban J connectivity index is 1.51. The van der Waals surface area contributed by atoms with E-state index in [0.29, 0.717) is 31.6 Å². The van der Waals surface area contributed by atoms with Gasteiger partial charge in [0, 0.05) is 31.7 Å². The highest BCUT2D eigenvalue weighted by atomic mass is 16.6. The molecule has 1 N–H and O–H groups in total. The zero-order valence-corrected chi connectivity index (χ0v) is 14.6. The Morgan fingerprint density at radius 2 is 1.81 bits per heavy atom. The zero-order chi connectivity index (χ0) is 18.7. The molecule has 0 spiro atoms. The Morgan fingerprint density at radius 3 is 2.35 bits per heavy atom. The maximum absolute atomic E-state index is 12.5. The first kappa shape index (κ1) is 17.9. The van der Waals surface area contributed by atoms with E-state index in [1.165, 1.54) is 11.8 Å². The van der Waals surface area contributed by atoms with Crippen LogP contribution in [0.4, 0.5) is 10.5 Å². The lowest BCUT2D eigenvalue weighted by Crippen LogP contribution is -2.48. The molecule has 26 heavy (non-hydrogen) atoms. The van der Waals surface area contributed by atoms with E-state index in [9.17, 15) is 19.2 Å². The first-order valence-corrected chi connectivity index (χ1v) is 8.57. The summed E-state index contributed by atoms with van der Waals surface area (Å²) < 4.78 is 4.75. The van der Waals surface area contributed by atoms with Crippen molar-refractivity contribution < 1.29 is 23.9 Å². The summed E-state index contributed by atoms with van der Waals surface area (Å²) in [6.45, 7) is 2.26. The molecule has 1 aromatic rings. The first-order chi connectivity index (χ1) is 12.4. The van der Waals surface area contributed by atoms with Crippen molar-refractivity contribution in [1.29, 1.82) is 0 Å². The van der Waals surface area contributed by atoms with Crippen molar-refractivity contribution in [3.8, 4) is 0 Å². The van der Waals surface area contributed by atoms with Gasteiger partial charge in [-0.2, -0.15) is 0 Å². The van der Waals surface area contributed by atoms with E-state index in [1.807, 2.05) is 12.1 Å². The standard InChI is InChI=1S/C18H21N3O5/c1-12(22)19-14-4-2-13(3-5-14)10-16(23)20-8-6-15(7-9-20)21-17(24)11-26-18(21)25/h2-5,15H,6-11H2,1H3,(H,19,22). The average Bonchev–Trinajstić information content (AvgIpc) is 2.95. The van der Waals surface area contributed by atoms with E-state index in [2.05, 4.69) is 5.32 Å². The van der Waals surface area contributed by atoms with Gasteiger partial charge in [0.1, 0.15) is 0 Å². The highest BCUT2D eigenvalue weighted by molar-refractivity contribution is 5.98. The van der Waals surface area contributed by atoms with Crippen molar-refractivity contribution in [3.05, 3.63) is 29.8 Å². The van der Waals surface area contributed by atoms with Crippen LogP contribution < -0.4 is 5.32 Å². The number of hydrogen-bond donors (Lipinski definition) is 1. The number of imide groups is 1. The second-order valence-electron chi connectivity index (χ2n) is 6.49. The van der Waals surface area contributed by atoms with Crippen molar-refractivity contribution in [2.24, 2.45) is 0 Å². The largest absolute Gasteiger partial charge is 0.439 e. The molecule has 138 valence electrons. The van der Waals surface area contributed by atoms with Crippen molar-refractivity contribution in [2.45, 2.75) is 32.2 Å². The SMILES string of the molecule is CC(=O)Nc1ccc(CC(=O)N2CCC(N3C(=O)COC3=O)CC2)cc1.